The molecule has 28 nitrogen and oxygen atoms in total. The molecule has 4 heterocycles. The van der Waals surface area contributed by atoms with Crippen molar-refractivity contribution in [2.45, 2.75) is 137 Å². The standard InChI is InChI=1S/C42H68N8O20/c1-21(53)45-31-27(55)15-41(67,69-35(31)33(59)29(57)19-51)39(65)43-9-7-25(37(61)62)49-13-11-48(3)12-14-50(18-24-6-4-5-23(17-49)47-24)26(38(63)64)8-10-44-40(66)42(68)16-28(56)32(46-22(2)54)36(70-42)34(60)30(58)20-52/h4-6,25-36,51-52,55-60,67-68H,7-20H2,1-3H3,(H,43,65)(H,44,66)(H,45,53)(H,46,54)(H,61,62)(H,63,64)/t25?,26?,27-,28-,29+,30+,31+,32+,33+,34+,35+,36+,41-,42-/m0/s1. The fourth-order valence-electron chi connectivity index (χ4n) is 8.66. The molecule has 3 aliphatic rings. The van der Waals surface area contributed by atoms with Gasteiger partial charge >= 0.3 is 11.9 Å². The number of aromatic nitrogens is 1. The summed E-state index contributed by atoms with van der Waals surface area (Å²) in [4.78, 5) is 85.7. The first-order chi connectivity index (χ1) is 32.8. The van der Waals surface area contributed by atoms with Gasteiger partial charge in [-0.1, -0.05) is 6.07 Å². The fraction of sp³-hybridized carbons (Fsp3) is 0.738. The number of rotatable bonds is 20. The van der Waals surface area contributed by atoms with Crippen molar-refractivity contribution in [3.8, 4) is 0 Å². The summed E-state index contributed by atoms with van der Waals surface area (Å²) in [5.74, 6) is -12.0. The van der Waals surface area contributed by atoms with E-state index in [9.17, 15) is 90.0 Å². The van der Waals surface area contributed by atoms with E-state index in [-0.39, 0.29) is 65.2 Å². The zero-order chi connectivity index (χ0) is 52.2. The van der Waals surface area contributed by atoms with Crippen LogP contribution in [0.3, 0.4) is 0 Å². The number of ether oxygens (including phenoxy) is 2. The van der Waals surface area contributed by atoms with Crippen molar-refractivity contribution in [1.82, 2.24) is 41.0 Å². The Labute approximate surface area is 401 Å². The molecule has 16 N–H and O–H groups in total. The van der Waals surface area contributed by atoms with Crippen LogP contribution < -0.4 is 21.3 Å². The molecule has 0 saturated carbocycles. The predicted molar refractivity (Wildman–Crippen MR) is 235 cm³/mol. The number of carboxylic acid groups (broad SMARTS) is 2. The highest BCUT2D eigenvalue weighted by Crippen LogP contribution is 2.32. The number of likely N-dealkylation sites (N-methyl/N-ethyl adjacent to an activating group) is 1. The molecule has 70 heavy (non-hydrogen) atoms. The van der Waals surface area contributed by atoms with Gasteiger partial charge in [0.25, 0.3) is 11.8 Å². The van der Waals surface area contributed by atoms with Gasteiger partial charge in [0, 0.05) is 79.0 Å². The van der Waals surface area contributed by atoms with Gasteiger partial charge in [-0.05, 0) is 32.0 Å². The number of hydrogen-bond donors (Lipinski definition) is 16. The van der Waals surface area contributed by atoms with Crippen molar-refractivity contribution in [2.24, 2.45) is 0 Å². The minimum atomic E-state index is -2.82. The Morgan fingerprint density at radius 1 is 0.686 bits per heavy atom. The van der Waals surface area contributed by atoms with E-state index in [1.54, 1.807) is 35.0 Å². The number of nitrogens with zero attached hydrogens (tertiary/aromatic N) is 4. The first-order valence-electron chi connectivity index (χ1n) is 22.6. The van der Waals surface area contributed by atoms with Gasteiger partial charge < -0.3 is 96.9 Å². The first kappa shape index (κ1) is 57.9. The third kappa shape index (κ3) is 15.2. The summed E-state index contributed by atoms with van der Waals surface area (Å²) in [6, 6.07) is -0.395. The summed E-state index contributed by atoms with van der Waals surface area (Å²) in [5, 5.41) is 134. The normalized spacial score (nSPS) is 29.9. The highest BCUT2D eigenvalue weighted by Gasteiger charge is 2.55. The van der Waals surface area contributed by atoms with Gasteiger partial charge in [-0.2, -0.15) is 0 Å². The van der Waals surface area contributed by atoms with E-state index < -0.39 is 146 Å². The lowest BCUT2D eigenvalue weighted by molar-refractivity contribution is -0.287. The summed E-state index contributed by atoms with van der Waals surface area (Å²) in [6.07, 6.45) is -16.6. The molecule has 0 radical (unpaired) electrons. The maximum absolute atomic E-state index is 13.4. The molecule has 28 heteroatoms. The molecule has 0 aromatic carbocycles. The number of carbonyl (C=O) groups excluding carboxylic acids is 4. The van der Waals surface area contributed by atoms with Crippen molar-refractivity contribution in [2.75, 3.05) is 59.5 Å². The molecular formula is C42H68N8O20. The third-order valence-electron chi connectivity index (χ3n) is 12.4. The second-order valence-electron chi connectivity index (χ2n) is 17.9. The largest absolute Gasteiger partial charge is 0.480 e. The summed E-state index contributed by atoms with van der Waals surface area (Å²) in [6.45, 7) is 0.255. The van der Waals surface area contributed by atoms with Crippen molar-refractivity contribution >= 4 is 35.6 Å². The SMILES string of the molecule is CC(=O)N[C@H]1[C@H]([C@H](O)[C@H](O)CO)O[C@](O)(C(=O)NCCC(C(=O)O)N2CCN(C)CCN(C(CCNC(=O)[C@]3(O)C[C@H](O)[C@@H](NC(C)=O)[C@H]([C@H](O)[C@H](O)CO)O3)C(=O)O)Cc3cccc(n3)C2)C[C@@H]1O. The number of nitrogens with one attached hydrogen (secondary N) is 4. The van der Waals surface area contributed by atoms with Crippen LogP contribution in [-0.2, 0) is 51.3 Å². The molecule has 0 aliphatic carbocycles. The molecule has 0 spiro atoms. The second kappa shape index (κ2) is 25.7. The molecule has 396 valence electrons. The number of aliphatic hydroxyl groups excluding tert-OH is 8. The molecule has 4 rings (SSSR count). The van der Waals surface area contributed by atoms with Crippen LogP contribution in [0.5, 0.6) is 0 Å². The topological polar surface area (TPSA) is 434 Å². The Morgan fingerprint density at radius 3 is 1.39 bits per heavy atom. The van der Waals surface area contributed by atoms with Crippen LogP contribution in [0.1, 0.15) is 50.9 Å². The summed E-state index contributed by atoms with van der Waals surface area (Å²) in [7, 11) is 1.73. The minimum Gasteiger partial charge on any atom is -0.480 e. The van der Waals surface area contributed by atoms with E-state index in [1.807, 2.05) is 4.90 Å². The lowest BCUT2D eigenvalue weighted by atomic mass is 9.88. The number of carbonyl (C=O) groups is 6. The maximum atomic E-state index is 13.4. The fourth-order valence-corrected chi connectivity index (χ4v) is 8.66. The Hall–Kier alpha value is -4.63. The Balaban J connectivity index is 1.44. The number of aliphatic hydroxyl groups is 10. The van der Waals surface area contributed by atoms with Gasteiger partial charge in [-0.3, -0.25) is 43.6 Å². The van der Waals surface area contributed by atoms with Crippen LogP contribution in [0.15, 0.2) is 18.2 Å². The van der Waals surface area contributed by atoms with Crippen LogP contribution in [0.4, 0.5) is 0 Å². The molecular weight excluding hydrogens is 936 g/mol. The van der Waals surface area contributed by atoms with Gasteiger partial charge in [0.2, 0.25) is 23.4 Å². The molecule has 2 fully saturated rings. The van der Waals surface area contributed by atoms with Gasteiger partial charge in [0.15, 0.2) is 0 Å². The summed E-state index contributed by atoms with van der Waals surface area (Å²) < 4.78 is 10.9. The molecule has 3 aliphatic heterocycles. The van der Waals surface area contributed by atoms with Crippen LogP contribution in [0.2, 0.25) is 0 Å². The summed E-state index contributed by atoms with van der Waals surface area (Å²) >= 11 is 0. The lowest BCUT2D eigenvalue weighted by Crippen LogP contribution is -2.68. The minimum absolute atomic E-state index is 0.0282. The number of hydrogen-bond acceptors (Lipinski definition) is 22. The van der Waals surface area contributed by atoms with Crippen LogP contribution in [0, 0.1) is 0 Å². The van der Waals surface area contributed by atoms with Gasteiger partial charge in [-0.25, -0.2) is 0 Å². The second-order valence-corrected chi connectivity index (χ2v) is 17.9. The number of amides is 4. The van der Waals surface area contributed by atoms with Crippen LogP contribution >= 0.6 is 0 Å². The van der Waals surface area contributed by atoms with Crippen LogP contribution in [0.25, 0.3) is 0 Å². The van der Waals surface area contributed by atoms with E-state index in [1.165, 1.54) is 0 Å². The zero-order valence-corrected chi connectivity index (χ0v) is 39.0. The van der Waals surface area contributed by atoms with E-state index >= 15 is 0 Å². The van der Waals surface area contributed by atoms with E-state index in [2.05, 4.69) is 26.3 Å². The van der Waals surface area contributed by atoms with Gasteiger partial charge in [0.05, 0.1) is 48.9 Å². The van der Waals surface area contributed by atoms with E-state index in [0.29, 0.717) is 11.4 Å². The lowest BCUT2D eigenvalue weighted by Gasteiger charge is -2.45. The number of pyridine rings is 1. The Bertz CT molecular complexity index is 1830. The Kier molecular flexibility index (Phi) is 21.2. The highest BCUT2D eigenvalue weighted by atomic mass is 16.7. The van der Waals surface area contributed by atoms with Crippen molar-refractivity contribution in [1.29, 1.82) is 0 Å². The Morgan fingerprint density at radius 2 is 1.06 bits per heavy atom. The van der Waals surface area contributed by atoms with Crippen molar-refractivity contribution in [3.63, 3.8) is 0 Å². The van der Waals surface area contributed by atoms with Crippen molar-refractivity contribution in [3.05, 3.63) is 29.6 Å². The smallest absolute Gasteiger partial charge is 0.320 e. The molecule has 2 unspecified atom stereocenters. The van der Waals surface area contributed by atoms with Crippen molar-refractivity contribution < 1.29 is 99.5 Å². The maximum Gasteiger partial charge on any atom is 0.320 e. The number of carboxylic acids is 2. The monoisotopic (exact) mass is 1000 g/mol. The molecule has 1 aromatic rings. The average Bonchev–Trinajstić information content (AvgIpc) is 3.29. The zero-order valence-electron chi connectivity index (χ0n) is 39.0. The predicted octanol–water partition coefficient (Wildman–Crippen LogP) is -8.34. The van der Waals surface area contributed by atoms with E-state index in [4.69, 9.17) is 9.47 Å². The van der Waals surface area contributed by atoms with Gasteiger partial charge in [0.1, 0.15) is 48.7 Å². The molecule has 2 saturated heterocycles. The number of aliphatic carboxylic acids is 2. The third-order valence-corrected chi connectivity index (χ3v) is 12.4. The highest BCUT2D eigenvalue weighted by molar-refractivity contribution is 5.84. The molecule has 1 aromatic heterocycles. The van der Waals surface area contributed by atoms with Gasteiger partial charge in [-0.15, -0.1) is 0 Å². The quantitative estimate of drug-likeness (QED) is 0.0577. The van der Waals surface area contributed by atoms with Crippen LogP contribution in [-0.4, -0.2) is 261 Å². The van der Waals surface area contributed by atoms with E-state index in [0.717, 1.165) is 13.8 Å². The average molecular weight is 1010 g/mol. The number of fused-ring (bicyclic) bond motifs is 2. The molecule has 2 bridgehead atoms. The summed E-state index contributed by atoms with van der Waals surface area (Å²) in [5.41, 5.74) is 0.798. The molecule has 4 amide bonds. The molecule has 14 atom stereocenters. The first-order valence-corrected chi connectivity index (χ1v) is 22.6.